The second-order valence-corrected chi connectivity index (χ2v) is 5.39. The van der Waals surface area contributed by atoms with Gasteiger partial charge in [0.25, 0.3) is 5.91 Å². The summed E-state index contributed by atoms with van der Waals surface area (Å²) in [6.07, 6.45) is 1.30. The summed E-state index contributed by atoms with van der Waals surface area (Å²) in [4.78, 5) is 39.5. The Balaban J connectivity index is 1.67. The normalized spacial score (nSPS) is 10.7. The first kappa shape index (κ1) is 17.4. The predicted molar refractivity (Wildman–Crippen MR) is 93.5 cm³/mol. The number of nitrogens with one attached hydrogen (secondary N) is 3. The fraction of sp³-hybridized carbons (Fsp3) is 0.167. The average Bonchev–Trinajstić information content (AvgIpc) is 3.14. The third-order valence-electron chi connectivity index (χ3n) is 3.66. The van der Waals surface area contributed by atoms with E-state index in [1.165, 1.54) is 12.3 Å². The highest BCUT2D eigenvalue weighted by Crippen LogP contribution is 2.09. The lowest BCUT2D eigenvalue weighted by molar-refractivity contribution is 0.0820. The maximum atomic E-state index is 12.4. The van der Waals surface area contributed by atoms with Crippen LogP contribution in [0, 0.1) is 0 Å². The SMILES string of the molecule is CCOCc1ccc(C(=O)NNC(=O)c2c[nH]c3ccccc3c2=O)o1. The molecule has 3 N–H and O–H groups in total. The lowest BCUT2D eigenvalue weighted by atomic mass is 10.1. The Bertz CT molecular complexity index is 1010. The van der Waals surface area contributed by atoms with E-state index in [2.05, 4.69) is 15.8 Å². The van der Waals surface area contributed by atoms with E-state index in [4.69, 9.17) is 9.15 Å². The van der Waals surface area contributed by atoms with Crippen molar-refractivity contribution in [1.82, 2.24) is 15.8 Å². The average molecular weight is 355 g/mol. The molecule has 3 aromatic rings. The summed E-state index contributed by atoms with van der Waals surface area (Å²) < 4.78 is 10.5. The molecule has 1 aromatic carbocycles. The van der Waals surface area contributed by atoms with Crippen molar-refractivity contribution in [3.8, 4) is 0 Å². The van der Waals surface area contributed by atoms with Crippen LogP contribution in [0.5, 0.6) is 0 Å². The number of hydrogen-bond acceptors (Lipinski definition) is 5. The monoisotopic (exact) mass is 355 g/mol. The maximum absolute atomic E-state index is 12.4. The molecule has 0 atom stereocenters. The van der Waals surface area contributed by atoms with Crippen LogP contribution >= 0.6 is 0 Å². The van der Waals surface area contributed by atoms with Crippen molar-refractivity contribution in [3.63, 3.8) is 0 Å². The number of hydrogen-bond donors (Lipinski definition) is 3. The summed E-state index contributed by atoms with van der Waals surface area (Å²) in [5.74, 6) is -0.855. The smallest absolute Gasteiger partial charge is 0.305 e. The van der Waals surface area contributed by atoms with Crippen molar-refractivity contribution < 1.29 is 18.7 Å². The molecule has 134 valence electrons. The van der Waals surface area contributed by atoms with Crippen LogP contribution in [0.25, 0.3) is 10.9 Å². The van der Waals surface area contributed by atoms with Gasteiger partial charge in [-0.2, -0.15) is 0 Å². The van der Waals surface area contributed by atoms with Crippen molar-refractivity contribution >= 4 is 22.7 Å². The molecular formula is C18H17N3O5. The number of carbonyl (C=O) groups excluding carboxylic acids is 2. The molecule has 0 spiro atoms. The molecule has 8 nitrogen and oxygen atoms in total. The Morgan fingerprint density at radius 3 is 2.69 bits per heavy atom. The van der Waals surface area contributed by atoms with Crippen LogP contribution in [0.15, 0.2) is 51.8 Å². The first-order valence-corrected chi connectivity index (χ1v) is 7.97. The van der Waals surface area contributed by atoms with Crippen LogP contribution in [0.2, 0.25) is 0 Å². The zero-order valence-corrected chi connectivity index (χ0v) is 14.0. The number of pyridine rings is 1. The van der Waals surface area contributed by atoms with Crippen molar-refractivity contribution in [3.05, 3.63) is 69.9 Å². The predicted octanol–water partition coefficient (Wildman–Crippen LogP) is 1.73. The number of ether oxygens (including phenoxy) is 1. The zero-order valence-electron chi connectivity index (χ0n) is 14.0. The van der Waals surface area contributed by atoms with Gasteiger partial charge in [-0.1, -0.05) is 12.1 Å². The van der Waals surface area contributed by atoms with Gasteiger partial charge < -0.3 is 14.1 Å². The fourth-order valence-electron chi connectivity index (χ4n) is 2.36. The van der Waals surface area contributed by atoms with Gasteiger partial charge in [0.05, 0.1) is 0 Å². The van der Waals surface area contributed by atoms with Crippen molar-refractivity contribution in [2.75, 3.05) is 6.61 Å². The van der Waals surface area contributed by atoms with Crippen LogP contribution < -0.4 is 16.3 Å². The van der Waals surface area contributed by atoms with E-state index < -0.39 is 17.2 Å². The van der Waals surface area contributed by atoms with Gasteiger partial charge in [0.2, 0.25) is 5.43 Å². The molecule has 0 fully saturated rings. The highest BCUT2D eigenvalue weighted by molar-refractivity contribution is 5.99. The molecule has 2 heterocycles. The number of para-hydroxylation sites is 1. The third kappa shape index (κ3) is 3.65. The second-order valence-electron chi connectivity index (χ2n) is 5.39. The van der Waals surface area contributed by atoms with Crippen molar-refractivity contribution in [1.29, 1.82) is 0 Å². The van der Waals surface area contributed by atoms with E-state index >= 15 is 0 Å². The summed E-state index contributed by atoms with van der Waals surface area (Å²) in [6, 6.07) is 9.92. The number of rotatable bonds is 5. The Labute approximate surface area is 148 Å². The Kier molecular flexibility index (Phi) is 5.14. The minimum Gasteiger partial charge on any atom is -0.453 e. The molecule has 0 aliphatic heterocycles. The summed E-state index contributed by atoms with van der Waals surface area (Å²) in [5, 5.41) is 0.387. The van der Waals surface area contributed by atoms with Gasteiger partial charge in [0, 0.05) is 23.7 Å². The number of benzene rings is 1. The number of amides is 2. The van der Waals surface area contributed by atoms with E-state index in [-0.39, 0.29) is 17.9 Å². The van der Waals surface area contributed by atoms with E-state index in [9.17, 15) is 14.4 Å². The molecule has 0 unspecified atom stereocenters. The van der Waals surface area contributed by atoms with Gasteiger partial charge in [-0.3, -0.25) is 25.2 Å². The number of carbonyl (C=O) groups is 2. The first-order chi connectivity index (χ1) is 12.6. The highest BCUT2D eigenvalue weighted by atomic mass is 16.5. The Morgan fingerprint density at radius 2 is 1.88 bits per heavy atom. The molecule has 0 aliphatic rings. The molecule has 0 saturated heterocycles. The van der Waals surface area contributed by atoms with Crippen LogP contribution in [0.3, 0.4) is 0 Å². The summed E-state index contributed by atoms with van der Waals surface area (Å²) in [7, 11) is 0. The van der Waals surface area contributed by atoms with E-state index in [0.29, 0.717) is 23.3 Å². The zero-order chi connectivity index (χ0) is 18.5. The van der Waals surface area contributed by atoms with Gasteiger partial charge in [0.1, 0.15) is 17.9 Å². The van der Waals surface area contributed by atoms with E-state index in [1.54, 1.807) is 30.3 Å². The lowest BCUT2D eigenvalue weighted by Crippen LogP contribution is -2.43. The number of furan rings is 1. The molecule has 2 aromatic heterocycles. The standard InChI is InChI=1S/C18H17N3O5/c1-2-25-10-11-7-8-15(26-11)18(24)21-20-17(23)13-9-19-14-6-4-3-5-12(14)16(13)22/h3-9H,2,10H2,1H3,(H,19,22)(H,20,23)(H,21,24). The molecule has 0 bridgehead atoms. The van der Waals surface area contributed by atoms with Gasteiger partial charge >= 0.3 is 5.91 Å². The van der Waals surface area contributed by atoms with Gasteiger partial charge in [-0.05, 0) is 31.2 Å². The van der Waals surface area contributed by atoms with Gasteiger partial charge in [-0.15, -0.1) is 0 Å². The number of fused-ring (bicyclic) bond motifs is 1. The van der Waals surface area contributed by atoms with E-state index in [1.807, 2.05) is 6.92 Å². The third-order valence-corrected chi connectivity index (χ3v) is 3.66. The van der Waals surface area contributed by atoms with Gasteiger partial charge in [0.15, 0.2) is 5.76 Å². The summed E-state index contributed by atoms with van der Waals surface area (Å²) in [6.45, 7) is 2.63. The summed E-state index contributed by atoms with van der Waals surface area (Å²) in [5.41, 5.74) is 4.50. The Morgan fingerprint density at radius 1 is 1.12 bits per heavy atom. The quantitative estimate of drug-likeness (QED) is 0.603. The largest absolute Gasteiger partial charge is 0.453 e. The molecule has 3 rings (SSSR count). The maximum Gasteiger partial charge on any atom is 0.305 e. The van der Waals surface area contributed by atoms with Crippen molar-refractivity contribution in [2.24, 2.45) is 0 Å². The Hall–Kier alpha value is -3.39. The lowest BCUT2D eigenvalue weighted by Gasteiger charge is -2.06. The molecule has 8 heteroatoms. The number of H-pyrrole nitrogens is 1. The number of aromatic amines is 1. The molecular weight excluding hydrogens is 338 g/mol. The topological polar surface area (TPSA) is 113 Å². The van der Waals surface area contributed by atoms with Crippen LogP contribution in [-0.4, -0.2) is 23.4 Å². The molecule has 0 saturated carbocycles. The number of hydrazine groups is 1. The first-order valence-electron chi connectivity index (χ1n) is 7.97. The van der Waals surface area contributed by atoms with Crippen LogP contribution in [0.1, 0.15) is 33.6 Å². The van der Waals surface area contributed by atoms with Crippen LogP contribution in [-0.2, 0) is 11.3 Å². The number of aromatic nitrogens is 1. The molecule has 2 amide bonds. The minimum atomic E-state index is -0.730. The highest BCUT2D eigenvalue weighted by Gasteiger charge is 2.16. The van der Waals surface area contributed by atoms with Crippen LogP contribution in [0.4, 0.5) is 0 Å². The molecule has 0 radical (unpaired) electrons. The van der Waals surface area contributed by atoms with Crippen molar-refractivity contribution in [2.45, 2.75) is 13.5 Å². The van der Waals surface area contributed by atoms with Gasteiger partial charge in [-0.25, -0.2) is 0 Å². The van der Waals surface area contributed by atoms with E-state index in [0.717, 1.165) is 0 Å². The second kappa shape index (κ2) is 7.66. The summed E-state index contributed by atoms with van der Waals surface area (Å²) >= 11 is 0. The molecule has 0 aliphatic carbocycles. The molecule has 26 heavy (non-hydrogen) atoms. The fourth-order valence-corrected chi connectivity index (χ4v) is 2.36. The minimum absolute atomic E-state index is 0.0208.